The maximum Gasteiger partial charge on any atom is 0.174 e. The molecule has 1 aliphatic heterocycles. The standard InChI is InChI=1S/C12H14F2N4O3/c1-12(3-19)8(20)7(14)11(21-12)18-2-5(13)6-9(15)16-4-17-10(6)18/h2,4,7-8,11,19-20H,3H2,1H3,(H2,15,16,17). The number of nitrogens with two attached hydrogens (primary N) is 1. The first-order valence-electron chi connectivity index (χ1n) is 6.26. The summed E-state index contributed by atoms with van der Waals surface area (Å²) in [5, 5.41) is 19.1. The third-order valence-electron chi connectivity index (χ3n) is 3.77. The molecule has 9 heteroatoms. The lowest BCUT2D eigenvalue weighted by Crippen LogP contribution is -2.42. The number of hydrogen-bond donors (Lipinski definition) is 3. The van der Waals surface area contributed by atoms with Crippen molar-refractivity contribution >= 4 is 16.9 Å². The van der Waals surface area contributed by atoms with Gasteiger partial charge in [-0.15, -0.1) is 0 Å². The molecule has 4 unspecified atom stereocenters. The topological polar surface area (TPSA) is 106 Å². The highest BCUT2D eigenvalue weighted by molar-refractivity contribution is 5.86. The highest BCUT2D eigenvalue weighted by Crippen LogP contribution is 2.40. The number of aliphatic hydroxyl groups excluding tert-OH is 2. The van der Waals surface area contributed by atoms with Crippen LogP contribution in [0.2, 0.25) is 0 Å². The Morgan fingerprint density at radius 2 is 2.24 bits per heavy atom. The van der Waals surface area contributed by atoms with E-state index in [0.717, 1.165) is 17.1 Å². The summed E-state index contributed by atoms with van der Waals surface area (Å²) in [6, 6.07) is 0. The summed E-state index contributed by atoms with van der Waals surface area (Å²) in [4.78, 5) is 7.56. The zero-order chi connectivity index (χ0) is 15.4. The number of nitrogen functional groups attached to an aromatic ring is 1. The number of hydrogen-bond acceptors (Lipinski definition) is 6. The Morgan fingerprint density at radius 3 is 2.86 bits per heavy atom. The molecular formula is C12H14F2N4O3. The molecule has 0 aliphatic carbocycles. The summed E-state index contributed by atoms with van der Waals surface area (Å²) in [5.41, 5.74) is 4.16. The fourth-order valence-corrected chi connectivity index (χ4v) is 2.50. The lowest BCUT2D eigenvalue weighted by molar-refractivity contribution is -0.115. The van der Waals surface area contributed by atoms with E-state index in [4.69, 9.17) is 10.5 Å². The van der Waals surface area contributed by atoms with Gasteiger partial charge in [-0.3, -0.25) is 4.57 Å². The molecule has 0 amide bonds. The van der Waals surface area contributed by atoms with E-state index < -0.39 is 36.5 Å². The molecule has 4 atom stereocenters. The first kappa shape index (κ1) is 14.1. The van der Waals surface area contributed by atoms with Gasteiger partial charge >= 0.3 is 0 Å². The molecular weight excluding hydrogens is 286 g/mol. The maximum atomic E-state index is 14.3. The number of alkyl halides is 1. The van der Waals surface area contributed by atoms with E-state index in [2.05, 4.69) is 9.97 Å². The molecule has 2 aromatic rings. The average molecular weight is 300 g/mol. The van der Waals surface area contributed by atoms with Crippen molar-refractivity contribution in [2.24, 2.45) is 0 Å². The molecule has 0 spiro atoms. The van der Waals surface area contributed by atoms with Crippen molar-refractivity contribution < 1.29 is 23.7 Å². The molecule has 0 bridgehead atoms. The summed E-state index contributed by atoms with van der Waals surface area (Å²) in [7, 11) is 0. The van der Waals surface area contributed by atoms with E-state index in [9.17, 15) is 19.0 Å². The van der Waals surface area contributed by atoms with Gasteiger partial charge in [0.1, 0.15) is 23.9 Å². The highest BCUT2D eigenvalue weighted by Gasteiger charge is 2.53. The maximum absolute atomic E-state index is 14.3. The van der Waals surface area contributed by atoms with Gasteiger partial charge in [0.25, 0.3) is 0 Å². The minimum absolute atomic E-state index is 0.0413. The lowest BCUT2D eigenvalue weighted by atomic mass is 9.99. The van der Waals surface area contributed by atoms with Crippen molar-refractivity contribution in [3.8, 4) is 0 Å². The molecule has 3 rings (SSSR count). The van der Waals surface area contributed by atoms with Crippen LogP contribution in [0.15, 0.2) is 12.5 Å². The number of nitrogens with zero attached hydrogens (tertiary/aromatic N) is 3. The van der Waals surface area contributed by atoms with Crippen molar-refractivity contribution in [2.75, 3.05) is 12.3 Å². The van der Waals surface area contributed by atoms with Gasteiger partial charge in [-0.05, 0) is 6.92 Å². The first-order chi connectivity index (χ1) is 9.89. The third kappa shape index (κ3) is 1.88. The molecule has 0 radical (unpaired) electrons. The van der Waals surface area contributed by atoms with E-state index in [0.29, 0.717) is 0 Å². The largest absolute Gasteiger partial charge is 0.393 e. The highest BCUT2D eigenvalue weighted by atomic mass is 19.1. The van der Waals surface area contributed by atoms with Crippen LogP contribution in [0.25, 0.3) is 11.0 Å². The fourth-order valence-electron chi connectivity index (χ4n) is 2.50. The summed E-state index contributed by atoms with van der Waals surface area (Å²) in [5.74, 6) is -0.791. The van der Waals surface area contributed by atoms with E-state index in [-0.39, 0.29) is 16.9 Å². The van der Waals surface area contributed by atoms with Crippen LogP contribution in [0.3, 0.4) is 0 Å². The van der Waals surface area contributed by atoms with Crippen LogP contribution in [0, 0.1) is 5.82 Å². The minimum atomic E-state index is -1.85. The first-order valence-corrected chi connectivity index (χ1v) is 6.26. The van der Waals surface area contributed by atoms with Crippen LogP contribution in [0.1, 0.15) is 13.2 Å². The van der Waals surface area contributed by atoms with Crippen molar-refractivity contribution in [1.82, 2.24) is 14.5 Å². The van der Waals surface area contributed by atoms with Crippen molar-refractivity contribution in [3.63, 3.8) is 0 Å². The second kappa shape index (κ2) is 4.58. The van der Waals surface area contributed by atoms with Gasteiger partial charge in [0.15, 0.2) is 23.9 Å². The number of fused-ring (bicyclic) bond motifs is 1. The molecule has 0 aromatic carbocycles. The molecule has 21 heavy (non-hydrogen) atoms. The van der Waals surface area contributed by atoms with E-state index in [1.807, 2.05) is 0 Å². The Kier molecular flexibility index (Phi) is 3.08. The molecule has 114 valence electrons. The van der Waals surface area contributed by atoms with Crippen LogP contribution in [0.5, 0.6) is 0 Å². The predicted molar refractivity (Wildman–Crippen MR) is 68.4 cm³/mol. The summed E-state index contributed by atoms with van der Waals surface area (Å²) in [6.45, 7) is 0.791. The summed E-state index contributed by atoms with van der Waals surface area (Å²) >= 11 is 0. The Bertz CT molecular complexity index is 694. The Morgan fingerprint density at radius 1 is 1.52 bits per heavy atom. The summed E-state index contributed by atoms with van der Waals surface area (Å²) < 4.78 is 34.7. The van der Waals surface area contributed by atoms with E-state index in [1.54, 1.807) is 0 Å². The van der Waals surface area contributed by atoms with Crippen LogP contribution in [-0.4, -0.2) is 49.2 Å². The van der Waals surface area contributed by atoms with E-state index >= 15 is 0 Å². The number of aliphatic hydroxyl groups is 2. The fraction of sp³-hybridized carbons (Fsp3) is 0.500. The number of anilines is 1. The number of aromatic nitrogens is 3. The molecule has 1 fully saturated rings. The Balaban J connectivity index is 2.12. The van der Waals surface area contributed by atoms with Crippen LogP contribution in [-0.2, 0) is 4.74 Å². The lowest BCUT2D eigenvalue weighted by Gasteiger charge is -2.24. The van der Waals surface area contributed by atoms with Crippen molar-refractivity contribution in [1.29, 1.82) is 0 Å². The smallest absolute Gasteiger partial charge is 0.174 e. The van der Waals surface area contributed by atoms with Gasteiger partial charge < -0.3 is 20.7 Å². The van der Waals surface area contributed by atoms with Gasteiger partial charge in [0, 0.05) is 6.20 Å². The Hall–Kier alpha value is -1.84. The molecule has 1 saturated heterocycles. The molecule has 1 aliphatic rings. The van der Waals surface area contributed by atoms with Crippen LogP contribution in [0.4, 0.5) is 14.6 Å². The van der Waals surface area contributed by atoms with E-state index in [1.165, 1.54) is 6.92 Å². The van der Waals surface area contributed by atoms with Crippen molar-refractivity contribution in [2.45, 2.75) is 31.0 Å². The molecule has 3 heterocycles. The van der Waals surface area contributed by atoms with Gasteiger partial charge in [-0.25, -0.2) is 18.7 Å². The SMILES string of the molecule is CC1(CO)OC(n2cc(F)c3c(N)ncnc32)C(F)C1O. The second-order valence-corrected chi connectivity index (χ2v) is 5.21. The van der Waals surface area contributed by atoms with Crippen LogP contribution < -0.4 is 5.73 Å². The summed E-state index contributed by atoms with van der Waals surface area (Å²) in [6.07, 6.45) is -2.61. The van der Waals surface area contributed by atoms with Crippen LogP contribution >= 0.6 is 0 Å². The van der Waals surface area contributed by atoms with Gasteiger partial charge in [-0.1, -0.05) is 0 Å². The Labute approximate surface area is 118 Å². The van der Waals surface area contributed by atoms with Gasteiger partial charge in [-0.2, -0.15) is 0 Å². The normalized spacial score (nSPS) is 32.9. The number of ether oxygens (including phenoxy) is 1. The molecule has 4 N–H and O–H groups in total. The third-order valence-corrected chi connectivity index (χ3v) is 3.77. The van der Waals surface area contributed by atoms with Gasteiger partial charge in [0.2, 0.25) is 0 Å². The monoisotopic (exact) mass is 300 g/mol. The minimum Gasteiger partial charge on any atom is -0.393 e. The predicted octanol–water partition coefficient (Wildman–Crippen LogP) is 0.131. The number of halogens is 2. The zero-order valence-electron chi connectivity index (χ0n) is 11.1. The molecule has 2 aromatic heterocycles. The van der Waals surface area contributed by atoms with Crippen molar-refractivity contribution in [3.05, 3.63) is 18.3 Å². The quantitative estimate of drug-likeness (QED) is 0.728. The molecule has 0 saturated carbocycles. The zero-order valence-corrected chi connectivity index (χ0v) is 11.1. The van der Waals surface area contributed by atoms with Gasteiger partial charge in [0.05, 0.1) is 12.0 Å². The number of rotatable bonds is 2. The second-order valence-electron chi connectivity index (χ2n) is 5.21. The molecule has 7 nitrogen and oxygen atoms in total. The average Bonchev–Trinajstić information content (AvgIpc) is 2.91.